The van der Waals surface area contributed by atoms with Crippen molar-refractivity contribution in [3.05, 3.63) is 106 Å². The van der Waals surface area contributed by atoms with E-state index >= 15 is 0 Å². The van der Waals surface area contributed by atoms with Crippen LogP contribution in [0.5, 0.6) is 0 Å². The molecule has 2 aliphatic rings. The topological polar surface area (TPSA) is 23.6 Å². The molecule has 2 unspecified atom stereocenters. The molecule has 0 spiro atoms. The maximum Gasteiger partial charge on any atom is 0.253 e. The highest BCUT2D eigenvalue weighted by molar-refractivity contribution is 9.10. The van der Waals surface area contributed by atoms with Crippen molar-refractivity contribution in [2.45, 2.75) is 24.7 Å². The number of rotatable bonds is 5. The summed E-state index contributed by atoms with van der Waals surface area (Å²) in [6.45, 7) is 4.95. The molecule has 0 bridgehead atoms. The number of carbonyl (C=O) groups is 1. The minimum absolute atomic E-state index is 0.141. The van der Waals surface area contributed by atoms with Crippen molar-refractivity contribution in [3.8, 4) is 0 Å². The largest absolute Gasteiger partial charge is 0.338 e. The fraction of sp³-hybridized carbons (Fsp3) is 0.345. The second-order valence-electron chi connectivity index (χ2n) is 9.48. The number of hydrogen-bond acceptors (Lipinski definition) is 2. The summed E-state index contributed by atoms with van der Waals surface area (Å²) in [5.41, 5.74) is 3.60. The standard InChI is InChI=1S/C29H31BrN2O/c30-27-13-7-12-25(18-27)29(33)32-20-26(28(21-32)24-10-5-2-6-11-24)19-31-16-14-23(15-17-31)22-8-3-1-4-9-22/h1-13,18,23,26,28H,14-17,19-21H2. The Morgan fingerprint density at radius 3 is 2.15 bits per heavy atom. The third kappa shape index (κ3) is 5.23. The Morgan fingerprint density at radius 2 is 1.48 bits per heavy atom. The van der Waals surface area contributed by atoms with Crippen LogP contribution in [0.3, 0.4) is 0 Å². The van der Waals surface area contributed by atoms with Gasteiger partial charge in [-0.1, -0.05) is 82.7 Å². The van der Waals surface area contributed by atoms with Crippen molar-refractivity contribution in [1.82, 2.24) is 9.80 Å². The molecule has 3 aromatic rings. The number of likely N-dealkylation sites (tertiary alicyclic amines) is 2. The summed E-state index contributed by atoms with van der Waals surface area (Å²) in [7, 11) is 0. The molecule has 0 saturated carbocycles. The maximum atomic E-state index is 13.3. The van der Waals surface area contributed by atoms with E-state index in [0.717, 1.165) is 42.8 Å². The fourth-order valence-electron chi connectivity index (χ4n) is 5.61. The van der Waals surface area contributed by atoms with E-state index in [4.69, 9.17) is 0 Å². The molecule has 3 nitrogen and oxygen atoms in total. The van der Waals surface area contributed by atoms with Crippen LogP contribution >= 0.6 is 15.9 Å². The van der Waals surface area contributed by atoms with E-state index < -0.39 is 0 Å². The Hall–Kier alpha value is -2.43. The zero-order chi connectivity index (χ0) is 22.6. The van der Waals surface area contributed by atoms with Gasteiger partial charge in [0.25, 0.3) is 5.91 Å². The van der Waals surface area contributed by atoms with Crippen LogP contribution < -0.4 is 0 Å². The molecule has 2 fully saturated rings. The lowest BCUT2D eigenvalue weighted by atomic mass is 9.86. The SMILES string of the molecule is O=C(c1cccc(Br)c1)N1CC(CN2CCC(c3ccccc3)CC2)C(c2ccccc2)C1. The van der Waals surface area contributed by atoms with E-state index in [2.05, 4.69) is 86.4 Å². The average Bonchev–Trinajstić information content (AvgIpc) is 3.29. The van der Waals surface area contributed by atoms with Crippen molar-refractivity contribution in [1.29, 1.82) is 0 Å². The molecule has 0 N–H and O–H groups in total. The predicted molar refractivity (Wildman–Crippen MR) is 138 cm³/mol. The third-order valence-electron chi connectivity index (χ3n) is 7.38. The highest BCUT2D eigenvalue weighted by Crippen LogP contribution is 2.36. The lowest BCUT2D eigenvalue weighted by molar-refractivity contribution is 0.0781. The molecular formula is C29H31BrN2O. The van der Waals surface area contributed by atoms with E-state index in [0.29, 0.717) is 17.8 Å². The molecule has 2 saturated heterocycles. The van der Waals surface area contributed by atoms with Crippen molar-refractivity contribution in [3.63, 3.8) is 0 Å². The normalized spacial score (nSPS) is 21.9. The maximum absolute atomic E-state index is 13.3. The minimum Gasteiger partial charge on any atom is -0.338 e. The van der Waals surface area contributed by atoms with Gasteiger partial charge in [0.1, 0.15) is 0 Å². The summed E-state index contributed by atoms with van der Waals surface area (Å²) >= 11 is 3.51. The number of amides is 1. The second-order valence-corrected chi connectivity index (χ2v) is 10.4. The van der Waals surface area contributed by atoms with Gasteiger partial charge in [-0.15, -0.1) is 0 Å². The van der Waals surface area contributed by atoms with E-state index in [1.807, 2.05) is 24.3 Å². The number of benzene rings is 3. The predicted octanol–water partition coefficient (Wildman–Crippen LogP) is 6.18. The molecule has 5 rings (SSSR count). The van der Waals surface area contributed by atoms with E-state index in [9.17, 15) is 4.79 Å². The first-order valence-electron chi connectivity index (χ1n) is 12.0. The monoisotopic (exact) mass is 502 g/mol. The Balaban J connectivity index is 1.28. The van der Waals surface area contributed by atoms with Crippen LogP contribution in [0, 0.1) is 5.92 Å². The summed E-state index contributed by atoms with van der Waals surface area (Å²) < 4.78 is 0.949. The molecule has 0 aliphatic carbocycles. The molecule has 170 valence electrons. The summed E-state index contributed by atoms with van der Waals surface area (Å²) in [4.78, 5) is 18.0. The lowest BCUT2D eigenvalue weighted by Gasteiger charge is -2.34. The molecule has 33 heavy (non-hydrogen) atoms. The van der Waals surface area contributed by atoms with Gasteiger partial charge in [-0.05, 0) is 67.1 Å². The van der Waals surface area contributed by atoms with Gasteiger partial charge in [0.2, 0.25) is 0 Å². The fourth-order valence-corrected chi connectivity index (χ4v) is 6.01. The summed E-state index contributed by atoms with van der Waals surface area (Å²) in [6.07, 6.45) is 2.43. The van der Waals surface area contributed by atoms with Crippen LogP contribution in [-0.4, -0.2) is 48.4 Å². The molecule has 1 amide bonds. The number of halogens is 1. The molecule has 0 radical (unpaired) electrons. The van der Waals surface area contributed by atoms with E-state index in [-0.39, 0.29) is 5.91 Å². The quantitative estimate of drug-likeness (QED) is 0.415. The molecule has 3 aromatic carbocycles. The number of hydrogen-bond donors (Lipinski definition) is 0. The van der Waals surface area contributed by atoms with Crippen LogP contribution in [0.15, 0.2) is 89.4 Å². The third-order valence-corrected chi connectivity index (χ3v) is 7.87. The first-order valence-corrected chi connectivity index (χ1v) is 12.8. The number of piperidine rings is 1. The van der Waals surface area contributed by atoms with Gasteiger partial charge in [0.15, 0.2) is 0 Å². The van der Waals surface area contributed by atoms with Gasteiger partial charge in [0, 0.05) is 35.6 Å². The molecule has 2 heterocycles. The van der Waals surface area contributed by atoms with Gasteiger partial charge < -0.3 is 9.80 Å². The smallest absolute Gasteiger partial charge is 0.253 e. The Kier molecular flexibility index (Phi) is 6.93. The number of nitrogens with zero attached hydrogens (tertiary/aromatic N) is 2. The van der Waals surface area contributed by atoms with Crippen molar-refractivity contribution in [2.75, 3.05) is 32.7 Å². The van der Waals surface area contributed by atoms with Crippen LogP contribution in [0.1, 0.15) is 46.2 Å². The molecule has 2 atom stereocenters. The second kappa shape index (κ2) is 10.2. The van der Waals surface area contributed by atoms with Gasteiger partial charge >= 0.3 is 0 Å². The summed E-state index contributed by atoms with van der Waals surface area (Å²) in [5, 5.41) is 0. The number of carbonyl (C=O) groups excluding carboxylic acids is 1. The Morgan fingerprint density at radius 1 is 0.818 bits per heavy atom. The molecular weight excluding hydrogens is 472 g/mol. The van der Waals surface area contributed by atoms with E-state index in [1.165, 1.54) is 24.0 Å². The summed E-state index contributed by atoms with van der Waals surface area (Å²) in [5.74, 6) is 1.65. The average molecular weight is 503 g/mol. The van der Waals surface area contributed by atoms with Gasteiger partial charge in [-0.2, -0.15) is 0 Å². The lowest BCUT2D eigenvalue weighted by Crippen LogP contribution is -2.38. The van der Waals surface area contributed by atoms with Crippen LogP contribution in [0.25, 0.3) is 0 Å². The highest BCUT2D eigenvalue weighted by Gasteiger charge is 2.37. The van der Waals surface area contributed by atoms with Gasteiger partial charge in [-0.3, -0.25) is 4.79 Å². The Bertz CT molecular complexity index is 1060. The zero-order valence-corrected chi connectivity index (χ0v) is 20.5. The van der Waals surface area contributed by atoms with Crippen molar-refractivity contribution in [2.24, 2.45) is 5.92 Å². The van der Waals surface area contributed by atoms with Crippen molar-refractivity contribution >= 4 is 21.8 Å². The molecule has 2 aliphatic heterocycles. The highest BCUT2D eigenvalue weighted by atomic mass is 79.9. The first-order chi connectivity index (χ1) is 16.2. The Labute approximate surface area is 205 Å². The minimum atomic E-state index is 0.141. The van der Waals surface area contributed by atoms with Crippen LogP contribution in [-0.2, 0) is 0 Å². The van der Waals surface area contributed by atoms with E-state index in [1.54, 1.807) is 0 Å². The zero-order valence-electron chi connectivity index (χ0n) is 18.9. The molecule has 0 aromatic heterocycles. The van der Waals surface area contributed by atoms with Crippen LogP contribution in [0.2, 0.25) is 0 Å². The van der Waals surface area contributed by atoms with Gasteiger partial charge in [0.05, 0.1) is 0 Å². The first kappa shape index (κ1) is 22.4. The van der Waals surface area contributed by atoms with Gasteiger partial charge in [-0.25, -0.2) is 0 Å². The summed E-state index contributed by atoms with van der Waals surface area (Å²) in [6, 6.07) is 29.5. The van der Waals surface area contributed by atoms with Crippen LogP contribution in [0.4, 0.5) is 0 Å². The van der Waals surface area contributed by atoms with Crippen molar-refractivity contribution < 1.29 is 4.79 Å². The molecule has 4 heteroatoms.